The second-order valence-corrected chi connectivity index (χ2v) is 7.01. The van der Waals surface area contributed by atoms with E-state index < -0.39 is 0 Å². The van der Waals surface area contributed by atoms with Gasteiger partial charge in [-0.15, -0.1) is 16.4 Å². The SMILES string of the molecule is CCc1nc(CSc2n[nH]c(-c3cc(Cl)ccc3OC)n2)cs1. The van der Waals surface area contributed by atoms with Crippen LogP contribution in [0.1, 0.15) is 17.6 Å². The molecular formula is C15H15ClN4OS2. The van der Waals surface area contributed by atoms with Crippen molar-refractivity contribution in [1.82, 2.24) is 20.2 Å². The Bertz CT molecular complexity index is 802. The van der Waals surface area contributed by atoms with Crippen molar-refractivity contribution in [3.63, 3.8) is 0 Å². The number of thioether (sulfide) groups is 1. The van der Waals surface area contributed by atoms with E-state index in [1.165, 1.54) is 0 Å². The number of hydrogen-bond acceptors (Lipinski definition) is 6. The van der Waals surface area contributed by atoms with Crippen molar-refractivity contribution in [2.75, 3.05) is 7.11 Å². The molecule has 1 N–H and O–H groups in total. The Kier molecular flexibility index (Phi) is 5.20. The first-order valence-corrected chi connectivity index (χ1v) is 9.26. The number of benzene rings is 1. The highest BCUT2D eigenvalue weighted by atomic mass is 35.5. The molecule has 8 heteroatoms. The molecule has 120 valence electrons. The predicted molar refractivity (Wildman–Crippen MR) is 94.4 cm³/mol. The summed E-state index contributed by atoms with van der Waals surface area (Å²) in [5, 5.41) is 11.7. The molecule has 0 spiro atoms. The summed E-state index contributed by atoms with van der Waals surface area (Å²) in [6.45, 7) is 2.11. The predicted octanol–water partition coefficient (Wildman–Crippen LogP) is 4.44. The maximum atomic E-state index is 6.06. The minimum absolute atomic E-state index is 0.626. The third-order valence-electron chi connectivity index (χ3n) is 3.13. The van der Waals surface area contributed by atoms with Crippen LogP contribution in [-0.2, 0) is 12.2 Å². The van der Waals surface area contributed by atoms with Gasteiger partial charge in [0, 0.05) is 16.2 Å². The van der Waals surface area contributed by atoms with Gasteiger partial charge in [-0.05, 0) is 24.6 Å². The van der Waals surface area contributed by atoms with Crippen molar-refractivity contribution in [2.45, 2.75) is 24.3 Å². The van der Waals surface area contributed by atoms with Gasteiger partial charge in [-0.3, -0.25) is 5.10 Å². The van der Waals surface area contributed by atoms with Gasteiger partial charge in [0.2, 0.25) is 5.16 Å². The van der Waals surface area contributed by atoms with E-state index in [0.29, 0.717) is 21.8 Å². The van der Waals surface area contributed by atoms with Gasteiger partial charge in [-0.1, -0.05) is 30.3 Å². The highest BCUT2D eigenvalue weighted by molar-refractivity contribution is 7.98. The van der Waals surface area contributed by atoms with Crippen LogP contribution in [0.15, 0.2) is 28.7 Å². The molecule has 1 aromatic carbocycles. The molecule has 0 atom stereocenters. The van der Waals surface area contributed by atoms with Crippen LogP contribution in [0.2, 0.25) is 5.02 Å². The third kappa shape index (κ3) is 3.85. The number of ether oxygens (including phenoxy) is 1. The Balaban J connectivity index is 1.74. The fourth-order valence-corrected chi connectivity index (χ4v) is 3.73. The summed E-state index contributed by atoms with van der Waals surface area (Å²) in [4.78, 5) is 9.05. The number of hydrogen-bond donors (Lipinski definition) is 1. The van der Waals surface area contributed by atoms with E-state index in [0.717, 1.165) is 28.4 Å². The van der Waals surface area contributed by atoms with Crippen molar-refractivity contribution in [3.05, 3.63) is 39.3 Å². The van der Waals surface area contributed by atoms with E-state index in [-0.39, 0.29) is 0 Å². The van der Waals surface area contributed by atoms with Crippen LogP contribution in [0.3, 0.4) is 0 Å². The minimum atomic E-state index is 0.626. The first-order chi connectivity index (χ1) is 11.2. The average Bonchev–Trinajstić information content (AvgIpc) is 3.22. The van der Waals surface area contributed by atoms with Crippen molar-refractivity contribution in [1.29, 1.82) is 0 Å². The molecule has 0 unspecified atom stereocenters. The number of nitrogens with one attached hydrogen (secondary N) is 1. The lowest BCUT2D eigenvalue weighted by molar-refractivity contribution is 0.416. The molecule has 0 saturated carbocycles. The number of aromatic nitrogens is 4. The van der Waals surface area contributed by atoms with E-state index in [9.17, 15) is 0 Å². The lowest BCUT2D eigenvalue weighted by atomic mass is 10.2. The molecule has 0 amide bonds. The molecule has 23 heavy (non-hydrogen) atoms. The largest absolute Gasteiger partial charge is 0.496 e. The Labute approximate surface area is 147 Å². The van der Waals surface area contributed by atoms with Crippen LogP contribution in [-0.4, -0.2) is 27.3 Å². The first kappa shape index (κ1) is 16.3. The first-order valence-electron chi connectivity index (χ1n) is 7.02. The fourth-order valence-electron chi connectivity index (χ4n) is 2.01. The molecule has 0 aliphatic rings. The zero-order valence-corrected chi connectivity index (χ0v) is 15.1. The molecule has 0 aliphatic heterocycles. The number of rotatable bonds is 6. The number of aromatic amines is 1. The lowest BCUT2D eigenvalue weighted by Gasteiger charge is -2.05. The number of aryl methyl sites for hydroxylation is 1. The second-order valence-electron chi connectivity index (χ2n) is 4.69. The van der Waals surface area contributed by atoms with E-state index in [1.54, 1.807) is 36.3 Å². The lowest BCUT2D eigenvalue weighted by Crippen LogP contribution is -1.89. The van der Waals surface area contributed by atoms with Crippen molar-refractivity contribution in [2.24, 2.45) is 0 Å². The highest BCUT2D eigenvalue weighted by Crippen LogP contribution is 2.31. The van der Waals surface area contributed by atoms with E-state index in [1.807, 2.05) is 12.1 Å². The molecule has 0 bridgehead atoms. The molecule has 3 rings (SSSR count). The summed E-state index contributed by atoms with van der Waals surface area (Å²) in [6, 6.07) is 5.40. The Morgan fingerprint density at radius 3 is 2.96 bits per heavy atom. The quantitative estimate of drug-likeness (QED) is 0.653. The van der Waals surface area contributed by atoms with Gasteiger partial charge >= 0.3 is 0 Å². The number of halogens is 1. The summed E-state index contributed by atoms with van der Waals surface area (Å²) in [5.41, 5.74) is 1.85. The highest BCUT2D eigenvalue weighted by Gasteiger charge is 2.12. The van der Waals surface area contributed by atoms with E-state index in [2.05, 4.69) is 32.5 Å². The number of H-pyrrole nitrogens is 1. The Hall–Kier alpha value is -1.57. The minimum Gasteiger partial charge on any atom is -0.496 e. The zero-order chi connectivity index (χ0) is 16.2. The third-order valence-corrected chi connectivity index (χ3v) is 5.29. The summed E-state index contributed by atoms with van der Waals surface area (Å²) in [5.74, 6) is 2.09. The maximum absolute atomic E-state index is 6.06. The number of thiazole rings is 1. The molecule has 3 aromatic rings. The molecule has 0 aliphatic carbocycles. The van der Waals surface area contributed by atoms with Crippen LogP contribution in [0.5, 0.6) is 5.75 Å². The van der Waals surface area contributed by atoms with E-state index in [4.69, 9.17) is 16.3 Å². The van der Waals surface area contributed by atoms with Crippen LogP contribution in [0, 0.1) is 0 Å². The fraction of sp³-hybridized carbons (Fsp3) is 0.267. The van der Waals surface area contributed by atoms with Gasteiger partial charge < -0.3 is 4.74 Å². The number of nitrogens with zero attached hydrogens (tertiary/aromatic N) is 3. The van der Waals surface area contributed by atoms with Crippen molar-refractivity contribution < 1.29 is 4.74 Å². The summed E-state index contributed by atoms with van der Waals surface area (Å²) >= 11 is 9.29. The standard InChI is InChI=1S/C15H15ClN4OS2/c1-3-13-17-10(7-22-13)8-23-15-18-14(19-20-15)11-6-9(16)4-5-12(11)21-2/h4-7H,3,8H2,1-2H3,(H,18,19,20). The van der Waals surface area contributed by atoms with E-state index >= 15 is 0 Å². The van der Waals surface area contributed by atoms with Gasteiger partial charge in [0.05, 0.1) is 23.4 Å². The summed E-state index contributed by atoms with van der Waals surface area (Å²) in [6.07, 6.45) is 0.967. The smallest absolute Gasteiger partial charge is 0.209 e. The Morgan fingerprint density at radius 1 is 1.35 bits per heavy atom. The molecule has 0 fully saturated rings. The van der Waals surface area contributed by atoms with Crippen LogP contribution < -0.4 is 4.74 Å². The molecule has 0 radical (unpaired) electrons. The van der Waals surface area contributed by atoms with Crippen LogP contribution in [0.25, 0.3) is 11.4 Å². The van der Waals surface area contributed by atoms with Crippen LogP contribution >= 0.6 is 34.7 Å². The molecule has 2 aromatic heterocycles. The second kappa shape index (κ2) is 7.33. The summed E-state index contributed by atoms with van der Waals surface area (Å²) < 4.78 is 5.35. The van der Waals surface area contributed by atoms with Crippen LogP contribution in [0.4, 0.5) is 0 Å². The van der Waals surface area contributed by atoms with Gasteiger partial charge in [0.15, 0.2) is 5.82 Å². The summed E-state index contributed by atoms with van der Waals surface area (Å²) in [7, 11) is 1.62. The van der Waals surface area contributed by atoms with Crippen molar-refractivity contribution in [3.8, 4) is 17.1 Å². The monoisotopic (exact) mass is 366 g/mol. The maximum Gasteiger partial charge on any atom is 0.209 e. The molecule has 0 saturated heterocycles. The molecule has 2 heterocycles. The van der Waals surface area contributed by atoms with Crippen molar-refractivity contribution >= 4 is 34.7 Å². The average molecular weight is 367 g/mol. The zero-order valence-electron chi connectivity index (χ0n) is 12.7. The van der Waals surface area contributed by atoms with Gasteiger partial charge in [0.25, 0.3) is 0 Å². The molecule has 5 nitrogen and oxygen atoms in total. The molecular weight excluding hydrogens is 352 g/mol. The number of methoxy groups -OCH3 is 1. The van der Waals surface area contributed by atoms with Gasteiger partial charge in [0.1, 0.15) is 5.75 Å². The topological polar surface area (TPSA) is 63.7 Å². The Morgan fingerprint density at radius 2 is 2.22 bits per heavy atom. The normalized spacial score (nSPS) is 10.9. The van der Waals surface area contributed by atoms with Gasteiger partial charge in [-0.2, -0.15) is 0 Å². The van der Waals surface area contributed by atoms with Gasteiger partial charge in [-0.25, -0.2) is 9.97 Å².